The molecule has 27 heavy (non-hydrogen) atoms. The third-order valence-electron chi connectivity index (χ3n) is 4.12. The molecule has 2 amide bonds. The largest absolute Gasteiger partial charge is 0.495 e. The van der Waals surface area contributed by atoms with E-state index in [0.29, 0.717) is 10.7 Å². The highest BCUT2D eigenvalue weighted by Crippen LogP contribution is 2.33. The lowest BCUT2D eigenvalue weighted by Crippen LogP contribution is -2.33. The Hall–Kier alpha value is -2.93. The number of methoxy groups -OCH3 is 1. The Bertz CT molecular complexity index is 878. The number of thioether (sulfide) groups is 1. The van der Waals surface area contributed by atoms with Gasteiger partial charge in [0.2, 0.25) is 0 Å². The molecular weight excluding hydrogens is 362 g/mol. The van der Waals surface area contributed by atoms with Gasteiger partial charge < -0.3 is 15.0 Å². The summed E-state index contributed by atoms with van der Waals surface area (Å²) in [4.78, 5) is 28.5. The van der Waals surface area contributed by atoms with Crippen LogP contribution in [0.4, 0.5) is 16.2 Å². The van der Waals surface area contributed by atoms with E-state index in [0.717, 1.165) is 28.7 Å². The summed E-state index contributed by atoms with van der Waals surface area (Å²) in [6, 6.07) is 15.2. The van der Waals surface area contributed by atoms with Crippen molar-refractivity contribution in [3.05, 3.63) is 59.0 Å². The predicted molar refractivity (Wildman–Crippen MR) is 110 cm³/mol. The summed E-state index contributed by atoms with van der Waals surface area (Å²) >= 11 is 0.949. The summed E-state index contributed by atoms with van der Waals surface area (Å²) in [5.74, 6) is 0.352. The third kappa shape index (κ3) is 4.25. The first-order chi connectivity index (χ1) is 13.0. The van der Waals surface area contributed by atoms with E-state index in [2.05, 4.69) is 5.32 Å². The van der Waals surface area contributed by atoms with Gasteiger partial charge in [0, 0.05) is 19.8 Å². The summed E-state index contributed by atoms with van der Waals surface area (Å²) in [6.07, 6.45) is 1.74. The first-order valence-electron chi connectivity index (χ1n) is 8.39. The van der Waals surface area contributed by atoms with E-state index in [1.54, 1.807) is 13.2 Å². The van der Waals surface area contributed by atoms with Crippen LogP contribution in [0.25, 0.3) is 6.08 Å². The number of carbonyl (C=O) groups is 2. The minimum absolute atomic E-state index is 0.0853. The third-order valence-corrected chi connectivity index (χ3v) is 5.02. The summed E-state index contributed by atoms with van der Waals surface area (Å²) in [5, 5.41) is 2.79. The van der Waals surface area contributed by atoms with Gasteiger partial charge in [0.25, 0.3) is 11.1 Å². The van der Waals surface area contributed by atoms with E-state index >= 15 is 0 Å². The minimum atomic E-state index is -0.302. The Morgan fingerprint density at radius 2 is 1.81 bits per heavy atom. The average molecular weight is 383 g/mol. The molecule has 0 unspecified atom stereocenters. The SMILES string of the molecule is COc1ccccc1NCN1C(=O)S/C(=C/c2ccc(N(C)C)cc2)C1=O. The number of para-hydroxylation sites is 2. The summed E-state index contributed by atoms with van der Waals surface area (Å²) in [7, 11) is 5.51. The maximum atomic E-state index is 12.6. The number of hydrogen-bond donors (Lipinski definition) is 1. The van der Waals surface area contributed by atoms with E-state index in [9.17, 15) is 9.59 Å². The molecule has 1 aliphatic rings. The van der Waals surface area contributed by atoms with Crippen LogP contribution < -0.4 is 15.0 Å². The second kappa shape index (κ2) is 8.18. The summed E-state index contributed by atoms with van der Waals surface area (Å²) in [6.45, 7) is 0.0853. The fourth-order valence-corrected chi connectivity index (χ4v) is 3.45. The van der Waals surface area contributed by atoms with Crippen molar-refractivity contribution in [3.8, 4) is 5.75 Å². The van der Waals surface area contributed by atoms with Crippen LogP contribution in [0, 0.1) is 0 Å². The Kier molecular flexibility index (Phi) is 5.71. The lowest BCUT2D eigenvalue weighted by Gasteiger charge is -2.16. The Labute approximate surface area is 162 Å². The van der Waals surface area contributed by atoms with Crippen LogP contribution in [0.3, 0.4) is 0 Å². The highest BCUT2D eigenvalue weighted by molar-refractivity contribution is 8.18. The predicted octanol–water partition coefficient (Wildman–Crippen LogP) is 3.87. The molecule has 7 heteroatoms. The zero-order valence-electron chi connectivity index (χ0n) is 15.4. The number of anilines is 2. The van der Waals surface area contributed by atoms with Crippen molar-refractivity contribution in [2.45, 2.75) is 0 Å². The maximum absolute atomic E-state index is 12.6. The van der Waals surface area contributed by atoms with Crippen LogP contribution in [0.15, 0.2) is 53.4 Å². The quantitative estimate of drug-likeness (QED) is 0.764. The van der Waals surface area contributed by atoms with Crippen molar-refractivity contribution in [2.24, 2.45) is 0 Å². The molecule has 1 heterocycles. The highest BCUT2D eigenvalue weighted by Gasteiger charge is 2.34. The van der Waals surface area contributed by atoms with Crippen LogP contribution in [0.2, 0.25) is 0 Å². The van der Waals surface area contributed by atoms with Gasteiger partial charge in [-0.15, -0.1) is 0 Å². The van der Waals surface area contributed by atoms with E-state index < -0.39 is 0 Å². The van der Waals surface area contributed by atoms with Crippen LogP contribution in [0.5, 0.6) is 5.75 Å². The van der Waals surface area contributed by atoms with Crippen LogP contribution >= 0.6 is 11.8 Å². The maximum Gasteiger partial charge on any atom is 0.295 e. The molecule has 0 atom stereocenters. The number of amides is 2. The molecule has 0 saturated carbocycles. The van der Waals surface area contributed by atoms with Crippen molar-refractivity contribution in [3.63, 3.8) is 0 Å². The highest BCUT2D eigenvalue weighted by atomic mass is 32.2. The number of ether oxygens (including phenoxy) is 1. The number of imide groups is 1. The number of carbonyl (C=O) groups excluding carboxylic acids is 2. The Morgan fingerprint density at radius 1 is 1.11 bits per heavy atom. The first kappa shape index (κ1) is 18.8. The van der Waals surface area contributed by atoms with Crippen LogP contribution in [-0.4, -0.2) is 43.9 Å². The molecular formula is C20H21N3O3S. The fourth-order valence-electron chi connectivity index (χ4n) is 2.61. The monoisotopic (exact) mass is 383 g/mol. The topological polar surface area (TPSA) is 61.9 Å². The van der Waals surface area contributed by atoms with Gasteiger partial charge in [-0.1, -0.05) is 24.3 Å². The van der Waals surface area contributed by atoms with E-state index in [4.69, 9.17) is 4.74 Å². The average Bonchev–Trinajstić information content (AvgIpc) is 2.93. The number of benzene rings is 2. The van der Waals surface area contributed by atoms with Gasteiger partial charge >= 0.3 is 0 Å². The molecule has 0 radical (unpaired) electrons. The number of hydrogen-bond acceptors (Lipinski definition) is 6. The van der Waals surface area contributed by atoms with E-state index in [1.807, 2.05) is 67.5 Å². The van der Waals surface area contributed by atoms with E-state index in [1.165, 1.54) is 4.90 Å². The lowest BCUT2D eigenvalue weighted by atomic mass is 10.2. The van der Waals surface area contributed by atoms with Gasteiger partial charge in [0.15, 0.2) is 0 Å². The standard InChI is InChI=1S/C20H21N3O3S/c1-22(2)15-10-8-14(9-11-15)12-18-19(24)23(20(25)27-18)13-21-16-6-4-5-7-17(16)26-3/h4-12,21H,13H2,1-3H3/b18-12+. The molecule has 1 aliphatic heterocycles. The van der Waals surface area contributed by atoms with Gasteiger partial charge in [0.05, 0.1) is 24.4 Å². The molecule has 1 fully saturated rings. The van der Waals surface area contributed by atoms with Gasteiger partial charge in [-0.2, -0.15) is 0 Å². The van der Waals surface area contributed by atoms with Gasteiger partial charge in [-0.3, -0.25) is 14.5 Å². The Balaban J connectivity index is 1.71. The molecule has 6 nitrogen and oxygen atoms in total. The molecule has 3 rings (SSSR count). The number of nitrogens with one attached hydrogen (secondary N) is 1. The molecule has 0 bridgehead atoms. The van der Waals surface area contributed by atoms with Crippen molar-refractivity contribution >= 4 is 40.4 Å². The first-order valence-corrected chi connectivity index (χ1v) is 9.21. The molecule has 0 spiro atoms. The van der Waals surface area contributed by atoms with Crippen molar-refractivity contribution in [1.29, 1.82) is 0 Å². The fraction of sp³-hybridized carbons (Fsp3) is 0.200. The number of nitrogens with zero attached hydrogens (tertiary/aromatic N) is 2. The zero-order chi connectivity index (χ0) is 19.4. The number of rotatable bonds is 6. The summed E-state index contributed by atoms with van der Waals surface area (Å²) < 4.78 is 5.27. The normalized spacial score (nSPS) is 15.4. The Morgan fingerprint density at radius 3 is 2.48 bits per heavy atom. The van der Waals surface area contributed by atoms with Crippen LogP contribution in [0.1, 0.15) is 5.56 Å². The zero-order valence-corrected chi connectivity index (χ0v) is 16.2. The summed E-state index contributed by atoms with van der Waals surface area (Å²) in [5.41, 5.74) is 2.67. The van der Waals surface area contributed by atoms with Crippen molar-refractivity contribution in [1.82, 2.24) is 4.90 Å². The van der Waals surface area contributed by atoms with E-state index in [-0.39, 0.29) is 17.8 Å². The molecule has 2 aromatic carbocycles. The van der Waals surface area contributed by atoms with Gasteiger partial charge in [-0.25, -0.2) is 0 Å². The molecule has 1 saturated heterocycles. The second-order valence-electron chi connectivity index (χ2n) is 6.13. The molecule has 1 N–H and O–H groups in total. The lowest BCUT2D eigenvalue weighted by molar-refractivity contribution is -0.122. The van der Waals surface area contributed by atoms with Gasteiger partial charge in [-0.05, 0) is 47.7 Å². The van der Waals surface area contributed by atoms with Crippen molar-refractivity contribution in [2.75, 3.05) is 38.1 Å². The smallest absolute Gasteiger partial charge is 0.295 e. The second-order valence-corrected chi connectivity index (χ2v) is 7.12. The van der Waals surface area contributed by atoms with Gasteiger partial charge in [0.1, 0.15) is 5.75 Å². The molecule has 0 aromatic heterocycles. The molecule has 2 aromatic rings. The molecule has 0 aliphatic carbocycles. The van der Waals surface area contributed by atoms with Crippen molar-refractivity contribution < 1.29 is 14.3 Å². The molecule has 140 valence electrons. The minimum Gasteiger partial charge on any atom is -0.495 e. The van der Waals surface area contributed by atoms with Crippen LogP contribution in [-0.2, 0) is 4.79 Å².